The summed E-state index contributed by atoms with van der Waals surface area (Å²) in [5.74, 6) is 1.14. The molecule has 1 saturated heterocycles. The smallest absolute Gasteiger partial charge is 0.160 e. The van der Waals surface area contributed by atoms with Gasteiger partial charge in [-0.1, -0.05) is 17.3 Å². The number of benzene rings is 1. The fraction of sp³-hybridized carbons (Fsp3) is 0.481. The zero-order valence-electron chi connectivity index (χ0n) is 20.5. The molecule has 4 heterocycles. The topological polar surface area (TPSA) is 99.9 Å². The molecule has 188 valence electrons. The molecule has 1 saturated carbocycles. The number of ether oxygens (including phenoxy) is 2. The van der Waals surface area contributed by atoms with E-state index < -0.39 is 0 Å². The van der Waals surface area contributed by atoms with E-state index in [1.165, 1.54) is 0 Å². The third-order valence-electron chi connectivity index (χ3n) is 7.60. The number of oxime groups is 1. The number of nitrogens with one attached hydrogen (secondary N) is 1. The molecule has 0 atom stereocenters. The number of fused-ring (bicyclic) bond motifs is 1. The molecule has 36 heavy (non-hydrogen) atoms. The molecule has 3 aromatic rings. The minimum atomic E-state index is -0.368. The molecule has 0 radical (unpaired) electrons. The standard InChI is InChI=1S/C27H31N5O4/c1-34-21-4-2-18(3-5-21)17-32-26-23(16-29-32)25(30-19-8-12-35-13-9-19)22(15-28-26)24-14-27(36-31-24)10-6-20(33)7-11-27/h2-5,15-16,19H,6-14,17H2,1H3,(H,28,30). The number of aromatic nitrogens is 3. The molecule has 1 N–H and O–H groups in total. The van der Waals surface area contributed by atoms with E-state index >= 15 is 0 Å². The van der Waals surface area contributed by atoms with Gasteiger partial charge in [0.2, 0.25) is 0 Å². The first-order valence-electron chi connectivity index (χ1n) is 12.7. The van der Waals surface area contributed by atoms with Crippen LogP contribution in [0.4, 0.5) is 5.69 Å². The Hall–Kier alpha value is -3.46. The molecule has 2 aliphatic heterocycles. The maximum absolute atomic E-state index is 11.8. The fourth-order valence-electron chi connectivity index (χ4n) is 5.39. The Morgan fingerprint density at radius 3 is 2.67 bits per heavy atom. The van der Waals surface area contributed by atoms with E-state index in [1.54, 1.807) is 7.11 Å². The van der Waals surface area contributed by atoms with Crippen molar-refractivity contribution >= 4 is 28.2 Å². The molecule has 0 bridgehead atoms. The Kier molecular flexibility index (Phi) is 6.08. The Morgan fingerprint density at radius 1 is 1.14 bits per heavy atom. The van der Waals surface area contributed by atoms with Crippen molar-refractivity contribution < 1.29 is 19.1 Å². The van der Waals surface area contributed by atoms with Gasteiger partial charge in [-0.15, -0.1) is 0 Å². The highest BCUT2D eigenvalue weighted by Crippen LogP contribution is 2.40. The number of hydrogen-bond acceptors (Lipinski definition) is 8. The van der Waals surface area contributed by atoms with Crippen molar-refractivity contribution in [2.24, 2.45) is 5.16 Å². The Morgan fingerprint density at radius 2 is 1.92 bits per heavy atom. The SMILES string of the molecule is COc1ccc(Cn2ncc3c(NC4CCOCC4)c(C4=NOC5(CCC(=O)CC5)C4)cnc32)cc1. The molecule has 2 fully saturated rings. The van der Waals surface area contributed by atoms with Crippen molar-refractivity contribution in [3.8, 4) is 5.75 Å². The number of Topliss-reactive ketones (excluding diaryl/α,β-unsaturated/α-hetero) is 1. The Labute approximate surface area is 209 Å². The number of anilines is 1. The monoisotopic (exact) mass is 489 g/mol. The first-order valence-corrected chi connectivity index (χ1v) is 12.7. The number of methoxy groups -OCH3 is 1. The summed E-state index contributed by atoms with van der Waals surface area (Å²) in [6.45, 7) is 2.11. The number of pyridine rings is 1. The van der Waals surface area contributed by atoms with Gasteiger partial charge in [-0.3, -0.25) is 4.79 Å². The van der Waals surface area contributed by atoms with E-state index in [9.17, 15) is 4.79 Å². The lowest BCUT2D eigenvalue weighted by Gasteiger charge is -2.30. The van der Waals surface area contributed by atoms with Gasteiger partial charge in [0.1, 0.15) is 17.1 Å². The maximum atomic E-state index is 11.8. The summed E-state index contributed by atoms with van der Waals surface area (Å²) < 4.78 is 12.8. The maximum Gasteiger partial charge on any atom is 0.160 e. The van der Waals surface area contributed by atoms with Crippen LogP contribution < -0.4 is 10.1 Å². The summed E-state index contributed by atoms with van der Waals surface area (Å²) in [6.07, 6.45) is 8.92. The van der Waals surface area contributed by atoms with Crippen LogP contribution in [0.1, 0.15) is 56.1 Å². The minimum absolute atomic E-state index is 0.303. The van der Waals surface area contributed by atoms with Crippen LogP contribution in [0.3, 0.4) is 0 Å². The second-order valence-electron chi connectivity index (χ2n) is 9.99. The number of nitrogens with zero attached hydrogens (tertiary/aromatic N) is 4. The van der Waals surface area contributed by atoms with E-state index in [0.29, 0.717) is 37.6 Å². The summed E-state index contributed by atoms with van der Waals surface area (Å²) in [5.41, 5.74) is 4.41. The summed E-state index contributed by atoms with van der Waals surface area (Å²) >= 11 is 0. The highest BCUT2D eigenvalue weighted by Gasteiger charge is 2.43. The van der Waals surface area contributed by atoms with Gasteiger partial charge in [-0.25, -0.2) is 9.67 Å². The normalized spacial score (nSPS) is 19.9. The van der Waals surface area contributed by atoms with Gasteiger partial charge in [0.15, 0.2) is 5.65 Å². The van der Waals surface area contributed by atoms with Crippen molar-refractivity contribution in [1.82, 2.24) is 14.8 Å². The van der Waals surface area contributed by atoms with Crippen LogP contribution in [-0.4, -0.2) is 58.2 Å². The van der Waals surface area contributed by atoms with Gasteiger partial charge in [-0.2, -0.15) is 5.10 Å². The van der Waals surface area contributed by atoms with Gasteiger partial charge in [0.25, 0.3) is 0 Å². The number of hydrogen-bond donors (Lipinski definition) is 1. The molecule has 3 aliphatic rings. The van der Waals surface area contributed by atoms with Crippen molar-refractivity contribution in [1.29, 1.82) is 0 Å². The molecular formula is C27H31N5O4. The van der Waals surface area contributed by atoms with Gasteiger partial charge < -0.3 is 19.6 Å². The van der Waals surface area contributed by atoms with Gasteiger partial charge in [-0.05, 0) is 43.4 Å². The number of carbonyl (C=O) groups excluding carboxylic acids is 1. The summed E-state index contributed by atoms with van der Waals surface area (Å²) in [7, 11) is 1.67. The average molecular weight is 490 g/mol. The van der Waals surface area contributed by atoms with Gasteiger partial charge in [0.05, 0.1) is 36.6 Å². The van der Waals surface area contributed by atoms with Crippen molar-refractivity contribution in [3.63, 3.8) is 0 Å². The predicted octanol–water partition coefficient (Wildman–Crippen LogP) is 4.09. The van der Waals surface area contributed by atoms with Crippen LogP contribution in [0.25, 0.3) is 11.0 Å². The van der Waals surface area contributed by atoms with E-state index in [2.05, 4.69) is 10.5 Å². The molecule has 1 spiro atoms. The highest BCUT2D eigenvalue weighted by molar-refractivity contribution is 6.10. The first kappa shape index (κ1) is 23.0. The average Bonchev–Trinajstić information content (AvgIpc) is 3.52. The Balaban J connectivity index is 1.33. The third kappa shape index (κ3) is 4.43. The van der Waals surface area contributed by atoms with Crippen molar-refractivity contribution in [2.45, 2.75) is 63.1 Å². The summed E-state index contributed by atoms with van der Waals surface area (Å²) in [4.78, 5) is 22.6. The summed E-state index contributed by atoms with van der Waals surface area (Å²) in [5, 5.41) is 14.0. The van der Waals surface area contributed by atoms with Gasteiger partial charge in [0, 0.05) is 50.3 Å². The van der Waals surface area contributed by atoms with Crippen LogP contribution in [0.5, 0.6) is 5.75 Å². The van der Waals surface area contributed by atoms with E-state index in [1.807, 2.05) is 41.3 Å². The van der Waals surface area contributed by atoms with E-state index in [4.69, 9.17) is 24.4 Å². The molecule has 0 unspecified atom stereocenters. The van der Waals surface area contributed by atoms with Crippen LogP contribution in [0.2, 0.25) is 0 Å². The molecule has 2 aromatic heterocycles. The zero-order valence-corrected chi connectivity index (χ0v) is 20.5. The number of carbonyl (C=O) groups is 1. The molecule has 9 heteroatoms. The molecule has 1 aliphatic carbocycles. The molecular weight excluding hydrogens is 458 g/mol. The number of ketones is 1. The lowest BCUT2D eigenvalue weighted by atomic mass is 9.80. The molecule has 6 rings (SSSR count). The van der Waals surface area contributed by atoms with E-state index in [-0.39, 0.29) is 5.60 Å². The van der Waals surface area contributed by atoms with Crippen LogP contribution in [0, 0.1) is 0 Å². The molecule has 0 amide bonds. The summed E-state index contributed by atoms with van der Waals surface area (Å²) in [6, 6.07) is 8.30. The second kappa shape index (κ2) is 9.54. The van der Waals surface area contributed by atoms with Crippen LogP contribution in [-0.2, 0) is 20.9 Å². The van der Waals surface area contributed by atoms with Crippen molar-refractivity contribution in [2.75, 3.05) is 25.6 Å². The molecule has 9 nitrogen and oxygen atoms in total. The van der Waals surface area contributed by atoms with Crippen LogP contribution >= 0.6 is 0 Å². The molecule has 1 aromatic carbocycles. The quantitative estimate of drug-likeness (QED) is 0.557. The lowest BCUT2D eigenvalue weighted by molar-refractivity contribution is -0.127. The van der Waals surface area contributed by atoms with Crippen LogP contribution in [0.15, 0.2) is 41.8 Å². The largest absolute Gasteiger partial charge is 0.497 e. The predicted molar refractivity (Wildman–Crippen MR) is 136 cm³/mol. The minimum Gasteiger partial charge on any atom is -0.497 e. The number of rotatable bonds is 6. The zero-order chi connectivity index (χ0) is 24.5. The first-order chi connectivity index (χ1) is 17.6. The fourth-order valence-corrected chi connectivity index (χ4v) is 5.39. The highest BCUT2D eigenvalue weighted by atomic mass is 16.7. The van der Waals surface area contributed by atoms with E-state index in [0.717, 1.165) is 78.2 Å². The Bertz CT molecular complexity index is 1280. The third-order valence-corrected chi connectivity index (χ3v) is 7.60. The second-order valence-corrected chi connectivity index (χ2v) is 9.99. The van der Waals surface area contributed by atoms with Crippen molar-refractivity contribution in [3.05, 3.63) is 47.8 Å². The lowest BCUT2D eigenvalue weighted by Crippen LogP contribution is -2.34. The van der Waals surface area contributed by atoms with Gasteiger partial charge >= 0.3 is 0 Å².